The van der Waals surface area contributed by atoms with Crippen LogP contribution in [0, 0.1) is 0 Å². The van der Waals surface area contributed by atoms with Crippen molar-refractivity contribution in [2.45, 2.75) is 0 Å². The predicted octanol–water partition coefficient (Wildman–Crippen LogP) is 7.79. The molecule has 5 aromatic carbocycles. The summed E-state index contributed by atoms with van der Waals surface area (Å²) in [6.45, 7) is 0. The van der Waals surface area contributed by atoms with Crippen molar-refractivity contribution in [3.63, 3.8) is 0 Å². The lowest BCUT2D eigenvalue weighted by molar-refractivity contribution is 0.149. The zero-order valence-electron chi connectivity index (χ0n) is 19.4. The maximum Gasteiger partial charge on any atom is 0.519 e. The van der Waals surface area contributed by atoms with Crippen LogP contribution >= 0.6 is 0 Å². The summed E-state index contributed by atoms with van der Waals surface area (Å²) in [5, 5.41) is 0.957. The molecule has 0 aromatic heterocycles. The number of hydrogen-bond acceptors (Lipinski definition) is 7. The average molecular weight is 492 g/mol. The molecule has 5 rings (SSSR count). The number of fused-ring (bicyclic) bond motifs is 1. The second kappa shape index (κ2) is 11.0. The number of para-hydroxylation sites is 3. The van der Waals surface area contributed by atoms with Crippen molar-refractivity contribution in [3.05, 3.63) is 121 Å². The van der Waals surface area contributed by atoms with Crippen molar-refractivity contribution in [1.82, 2.24) is 0 Å². The molecule has 0 N–H and O–H groups in total. The average Bonchev–Trinajstić information content (AvgIpc) is 2.92. The second-order valence-corrected chi connectivity index (χ2v) is 7.70. The summed E-state index contributed by atoms with van der Waals surface area (Å²) in [5.41, 5.74) is 0. The topological polar surface area (TPSA) is 80.3 Å². The van der Waals surface area contributed by atoms with E-state index in [0.29, 0.717) is 28.0 Å². The Morgan fingerprint density at radius 2 is 0.892 bits per heavy atom. The van der Waals surface area contributed by atoms with Gasteiger partial charge in [0.25, 0.3) is 0 Å². The van der Waals surface area contributed by atoms with Gasteiger partial charge in [0.15, 0.2) is 11.5 Å². The Morgan fingerprint density at radius 3 is 1.46 bits per heavy atom. The largest absolute Gasteiger partial charge is 0.519 e. The molecule has 0 aliphatic carbocycles. The summed E-state index contributed by atoms with van der Waals surface area (Å²) in [6, 6.07) is 34.5. The minimum Gasteiger partial charge on any atom is -0.453 e. The Morgan fingerprint density at radius 1 is 0.432 bits per heavy atom. The second-order valence-electron chi connectivity index (χ2n) is 7.70. The minimum absolute atomic E-state index is 0.101. The molecule has 0 atom stereocenters. The third-order valence-corrected chi connectivity index (χ3v) is 5.16. The number of carbonyl (C=O) groups is 2. The predicted molar refractivity (Wildman–Crippen MR) is 137 cm³/mol. The number of benzene rings is 5. The summed E-state index contributed by atoms with van der Waals surface area (Å²) in [4.78, 5) is 25.3. The van der Waals surface area contributed by atoms with Crippen molar-refractivity contribution < 1.29 is 33.3 Å². The summed E-state index contributed by atoms with van der Waals surface area (Å²) in [5.74, 6) is 1.54. The normalized spacial score (nSPS) is 10.4. The van der Waals surface area contributed by atoms with Crippen molar-refractivity contribution >= 4 is 23.1 Å². The molecule has 37 heavy (non-hydrogen) atoms. The smallest absolute Gasteiger partial charge is 0.453 e. The van der Waals surface area contributed by atoms with E-state index in [9.17, 15) is 9.59 Å². The fourth-order valence-corrected chi connectivity index (χ4v) is 3.56. The van der Waals surface area contributed by atoms with E-state index in [1.165, 1.54) is 6.07 Å². The lowest BCUT2D eigenvalue weighted by Crippen LogP contribution is -2.16. The van der Waals surface area contributed by atoms with Crippen LogP contribution in [0.3, 0.4) is 0 Å². The highest BCUT2D eigenvalue weighted by atomic mass is 16.7. The van der Waals surface area contributed by atoms with E-state index in [4.69, 9.17) is 23.7 Å². The zero-order chi connectivity index (χ0) is 25.5. The molecule has 0 heterocycles. The summed E-state index contributed by atoms with van der Waals surface area (Å²) < 4.78 is 27.8. The first-order valence-electron chi connectivity index (χ1n) is 11.3. The molecule has 0 bridgehead atoms. The highest BCUT2D eigenvalue weighted by Crippen LogP contribution is 2.43. The first kappa shape index (κ1) is 23.4. The molecule has 0 unspecified atom stereocenters. The number of rotatable bonds is 6. The van der Waals surface area contributed by atoms with Crippen molar-refractivity contribution in [1.29, 1.82) is 0 Å². The quantitative estimate of drug-likeness (QED) is 0.177. The molecule has 7 nitrogen and oxygen atoms in total. The van der Waals surface area contributed by atoms with E-state index < -0.39 is 12.3 Å². The molecule has 0 saturated carbocycles. The first-order valence-corrected chi connectivity index (χ1v) is 11.3. The standard InChI is InChI=1S/C30H20O7/c31-29(34-22-14-6-2-7-15-22)36-26-20-27(33-21-12-4-1-5-13-21)28(25-19-11-10-18-24(25)26)37-30(32)35-23-16-8-3-9-17-23/h1-20H. The molecule has 0 aliphatic heterocycles. The third-order valence-electron chi connectivity index (χ3n) is 5.16. The van der Waals surface area contributed by atoms with Gasteiger partial charge in [0.2, 0.25) is 0 Å². The molecule has 0 aliphatic rings. The number of ether oxygens (including phenoxy) is 5. The fourth-order valence-electron chi connectivity index (χ4n) is 3.56. The van der Waals surface area contributed by atoms with Crippen LogP contribution in [0.15, 0.2) is 121 Å². The summed E-state index contributed by atoms with van der Waals surface area (Å²) in [6.07, 6.45) is -1.88. The lowest BCUT2D eigenvalue weighted by atomic mass is 10.1. The molecule has 182 valence electrons. The molecule has 5 aromatic rings. The number of carbonyl (C=O) groups excluding carboxylic acids is 2. The highest BCUT2D eigenvalue weighted by molar-refractivity contribution is 5.98. The van der Waals surface area contributed by atoms with Gasteiger partial charge in [0, 0.05) is 16.8 Å². The molecule has 0 spiro atoms. The van der Waals surface area contributed by atoms with Gasteiger partial charge >= 0.3 is 12.3 Å². The van der Waals surface area contributed by atoms with Crippen LogP contribution in [0.4, 0.5) is 9.59 Å². The maximum atomic E-state index is 12.7. The van der Waals surface area contributed by atoms with E-state index >= 15 is 0 Å². The van der Waals surface area contributed by atoms with E-state index in [-0.39, 0.29) is 17.2 Å². The van der Waals surface area contributed by atoms with Crippen molar-refractivity contribution in [2.24, 2.45) is 0 Å². The third kappa shape index (κ3) is 5.86. The van der Waals surface area contributed by atoms with Gasteiger partial charge < -0.3 is 23.7 Å². The minimum atomic E-state index is -0.952. The van der Waals surface area contributed by atoms with Crippen LogP contribution in [-0.4, -0.2) is 12.3 Å². The maximum absolute atomic E-state index is 12.7. The van der Waals surface area contributed by atoms with Crippen molar-refractivity contribution in [2.75, 3.05) is 0 Å². The van der Waals surface area contributed by atoms with Gasteiger partial charge in [-0.1, -0.05) is 78.9 Å². The fraction of sp³-hybridized carbons (Fsp3) is 0. The summed E-state index contributed by atoms with van der Waals surface area (Å²) in [7, 11) is 0. The van der Waals surface area contributed by atoms with E-state index in [0.717, 1.165) is 0 Å². The Labute approximate surface area is 212 Å². The van der Waals surface area contributed by atoms with Gasteiger partial charge in [-0.3, -0.25) is 0 Å². The van der Waals surface area contributed by atoms with Crippen LogP contribution in [0.5, 0.6) is 34.5 Å². The van der Waals surface area contributed by atoms with Crippen LogP contribution in [0.2, 0.25) is 0 Å². The lowest BCUT2D eigenvalue weighted by Gasteiger charge is -2.16. The van der Waals surface area contributed by atoms with Gasteiger partial charge in [0.1, 0.15) is 23.0 Å². The summed E-state index contributed by atoms with van der Waals surface area (Å²) >= 11 is 0. The molecule has 7 heteroatoms. The van der Waals surface area contributed by atoms with Crippen LogP contribution < -0.4 is 23.7 Å². The highest BCUT2D eigenvalue weighted by Gasteiger charge is 2.22. The van der Waals surface area contributed by atoms with Crippen LogP contribution in [0.25, 0.3) is 10.8 Å². The van der Waals surface area contributed by atoms with Gasteiger partial charge in [-0.05, 0) is 36.4 Å². The molecular weight excluding hydrogens is 472 g/mol. The van der Waals surface area contributed by atoms with Gasteiger partial charge in [-0.15, -0.1) is 0 Å². The van der Waals surface area contributed by atoms with Gasteiger partial charge in [-0.2, -0.15) is 0 Å². The zero-order valence-corrected chi connectivity index (χ0v) is 19.4. The van der Waals surface area contributed by atoms with Crippen LogP contribution in [0.1, 0.15) is 0 Å². The van der Waals surface area contributed by atoms with Crippen LogP contribution in [-0.2, 0) is 0 Å². The van der Waals surface area contributed by atoms with Crippen molar-refractivity contribution in [3.8, 4) is 34.5 Å². The molecule has 0 radical (unpaired) electrons. The first-order chi connectivity index (χ1) is 18.2. The SMILES string of the molecule is O=C(Oc1ccccc1)Oc1cc(Oc2ccccc2)c(OC(=O)Oc2ccccc2)c2ccccc12. The number of hydrogen-bond donors (Lipinski definition) is 0. The molecular formula is C30H20O7. The Balaban J connectivity index is 1.51. The monoisotopic (exact) mass is 492 g/mol. The Kier molecular flexibility index (Phi) is 6.95. The van der Waals surface area contributed by atoms with Gasteiger partial charge in [-0.25, -0.2) is 9.59 Å². The Bertz CT molecular complexity index is 1520. The molecule has 0 saturated heterocycles. The molecule has 0 fully saturated rings. The van der Waals surface area contributed by atoms with E-state index in [1.54, 1.807) is 109 Å². The van der Waals surface area contributed by atoms with E-state index in [2.05, 4.69) is 0 Å². The van der Waals surface area contributed by atoms with E-state index in [1.807, 2.05) is 6.07 Å². The molecule has 0 amide bonds. The van der Waals surface area contributed by atoms with Gasteiger partial charge in [0.05, 0.1) is 0 Å². The Hall–Kier alpha value is -5.30.